The molecule has 2 heteroatoms. The zero-order valence-corrected chi connectivity index (χ0v) is 14.1. The lowest BCUT2D eigenvalue weighted by atomic mass is 9.97. The van der Waals surface area contributed by atoms with E-state index in [1.54, 1.807) is 0 Å². The Morgan fingerprint density at radius 2 is 2.00 bits per heavy atom. The molecule has 0 fully saturated rings. The van der Waals surface area contributed by atoms with Crippen LogP contribution in [-0.2, 0) is 6.42 Å². The van der Waals surface area contributed by atoms with E-state index in [-0.39, 0.29) is 0 Å². The van der Waals surface area contributed by atoms with Crippen molar-refractivity contribution in [1.29, 1.82) is 0 Å². The Morgan fingerprint density at radius 1 is 1.19 bits per heavy atom. The van der Waals surface area contributed by atoms with Gasteiger partial charge < -0.3 is 5.32 Å². The lowest BCUT2D eigenvalue weighted by Gasteiger charge is -2.24. The van der Waals surface area contributed by atoms with E-state index in [2.05, 4.69) is 56.4 Å². The highest BCUT2D eigenvalue weighted by molar-refractivity contribution is 7.12. The standard InChI is InChI=1S/C19H25NS/c1-13-12-18(15(3)21-13)14(2)20-19-11-7-5-9-16-8-4-6-10-17(16)19/h4,6,8,10,12,14,19-20H,5,7,9,11H2,1-3H3. The van der Waals surface area contributed by atoms with E-state index in [1.807, 2.05) is 11.3 Å². The molecule has 1 heterocycles. The first-order valence-electron chi connectivity index (χ1n) is 8.06. The van der Waals surface area contributed by atoms with Gasteiger partial charge in [-0.05, 0) is 62.8 Å². The van der Waals surface area contributed by atoms with E-state index in [9.17, 15) is 0 Å². The maximum absolute atomic E-state index is 3.89. The predicted octanol–water partition coefficient (Wildman–Crippen LogP) is 5.48. The highest BCUT2D eigenvalue weighted by Crippen LogP contribution is 2.32. The van der Waals surface area contributed by atoms with Crippen molar-refractivity contribution in [3.8, 4) is 0 Å². The molecule has 1 aromatic carbocycles. The second-order valence-electron chi connectivity index (χ2n) is 6.25. The van der Waals surface area contributed by atoms with Crippen molar-refractivity contribution in [1.82, 2.24) is 5.32 Å². The predicted molar refractivity (Wildman–Crippen MR) is 92.1 cm³/mol. The van der Waals surface area contributed by atoms with Gasteiger partial charge in [-0.25, -0.2) is 0 Å². The molecule has 2 atom stereocenters. The fourth-order valence-electron chi connectivity index (χ4n) is 3.57. The van der Waals surface area contributed by atoms with Gasteiger partial charge in [-0.1, -0.05) is 30.7 Å². The van der Waals surface area contributed by atoms with Crippen molar-refractivity contribution in [2.45, 2.75) is 58.5 Å². The van der Waals surface area contributed by atoms with E-state index in [4.69, 9.17) is 0 Å². The number of fused-ring (bicyclic) bond motifs is 1. The quantitative estimate of drug-likeness (QED) is 0.740. The van der Waals surface area contributed by atoms with Crippen molar-refractivity contribution in [3.63, 3.8) is 0 Å². The highest BCUT2D eigenvalue weighted by atomic mass is 32.1. The monoisotopic (exact) mass is 299 g/mol. The van der Waals surface area contributed by atoms with Gasteiger partial charge in [-0.3, -0.25) is 0 Å². The SMILES string of the molecule is Cc1cc(C(C)NC2CCCCc3ccccc32)c(C)s1. The lowest BCUT2D eigenvalue weighted by Crippen LogP contribution is -2.25. The number of benzene rings is 1. The summed E-state index contributed by atoms with van der Waals surface area (Å²) >= 11 is 1.91. The molecule has 1 aromatic heterocycles. The zero-order chi connectivity index (χ0) is 14.8. The molecule has 112 valence electrons. The molecule has 0 saturated heterocycles. The fourth-order valence-corrected chi connectivity index (χ4v) is 4.59. The van der Waals surface area contributed by atoms with Crippen molar-refractivity contribution in [2.24, 2.45) is 0 Å². The molecule has 1 nitrogen and oxygen atoms in total. The number of nitrogens with one attached hydrogen (secondary N) is 1. The second kappa shape index (κ2) is 6.33. The fraction of sp³-hybridized carbons (Fsp3) is 0.474. The maximum atomic E-state index is 3.89. The molecule has 3 rings (SSSR count). The Labute approximate surface area is 132 Å². The second-order valence-corrected chi connectivity index (χ2v) is 7.71. The number of aryl methyl sites for hydroxylation is 3. The molecule has 2 aromatic rings. The van der Waals surface area contributed by atoms with Gasteiger partial charge in [-0.15, -0.1) is 11.3 Å². The third kappa shape index (κ3) is 3.22. The summed E-state index contributed by atoms with van der Waals surface area (Å²) < 4.78 is 0. The van der Waals surface area contributed by atoms with Crippen molar-refractivity contribution in [2.75, 3.05) is 0 Å². The van der Waals surface area contributed by atoms with Crippen LogP contribution in [0, 0.1) is 13.8 Å². The van der Waals surface area contributed by atoms with Gasteiger partial charge in [0.25, 0.3) is 0 Å². The van der Waals surface area contributed by atoms with Gasteiger partial charge in [0.15, 0.2) is 0 Å². The van der Waals surface area contributed by atoms with Crippen molar-refractivity contribution < 1.29 is 0 Å². The first-order chi connectivity index (χ1) is 10.1. The number of hydrogen-bond donors (Lipinski definition) is 1. The van der Waals surface area contributed by atoms with E-state index < -0.39 is 0 Å². The Morgan fingerprint density at radius 3 is 2.76 bits per heavy atom. The van der Waals surface area contributed by atoms with Crippen LogP contribution in [0.1, 0.15) is 64.7 Å². The highest BCUT2D eigenvalue weighted by Gasteiger charge is 2.21. The summed E-state index contributed by atoms with van der Waals surface area (Å²) in [5, 5.41) is 3.89. The summed E-state index contributed by atoms with van der Waals surface area (Å²) in [5.74, 6) is 0. The van der Waals surface area contributed by atoms with Gasteiger partial charge in [-0.2, -0.15) is 0 Å². The van der Waals surface area contributed by atoms with Gasteiger partial charge in [0.1, 0.15) is 0 Å². The van der Waals surface area contributed by atoms with Crippen LogP contribution in [0.2, 0.25) is 0 Å². The number of hydrogen-bond acceptors (Lipinski definition) is 2. The Kier molecular flexibility index (Phi) is 4.46. The summed E-state index contributed by atoms with van der Waals surface area (Å²) in [6, 6.07) is 12.3. The minimum absolute atomic E-state index is 0.422. The molecule has 0 radical (unpaired) electrons. The molecule has 1 aliphatic carbocycles. The average molecular weight is 299 g/mol. The summed E-state index contributed by atoms with van der Waals surface area (Å²) in [5.41, 5.74) is 4.53. The smallest absolute Gasteiger partial charge is 0.0328 e. The summed E-state index contributed by atoms with van der Waals surface area (Å²) in [7, 11) is 0. The third-order valence-electron chi connectivity index (χ3n) is 4.62. The minimum Gasteiger partial charge on any atom is -0.303 e. The van der Waals surface area contributed by atoms with Crippen LogP contribution in [0.3, 0.4) is 0 Å². The Balaban J connectivity index is 1.82. The van der Waals surface area contributed by atoms with Crippen LogP contribution in [0.5, 0.6) is 0 Å². The first-order valence-corrected chi connectivity index (χ1v) is 8.87. The zero-order valence-electron chi connectivity index (χ0n) is 13.3. The molecule has 2 unspecified atom stereocenters. The van der Waals surface area contributed by atoms with E-state index in [0.717, 1.165) is 0 Å². The van der Waals surface area contributed by atoms with E-state index in [1.165, 1.54) is 52.1 Å². The van der Waals surface area contributed by atoms with E-state index >= 15 is 0 Å². The molecule has 21 heavy (non-hydrogen) atoms. The minimum atomic E-state index is 0.422. The van der Waals surface area contributed by atoms with Crippen molar-refractivity contribution in [3.05, 3.63) is 56.8 Å². The Hall–Kier alpha value is -1.12. The normalized spacial score (nSPS) is 19.9. The molecule has 0 aliphatic heterocycles. The van der Waals surface area contributed by atoms with Gasteiger partial charge in [0.2, 0.25) is 0 Å². The van der Waals surface area contributed by atoms with Crippen LogP contribution in [0.25, 0.3) is 0 Å². The maximum Gasteiger partial charge on any atom is 0.0328 e. The lowest BCUT2D eigenvalue weighted by molar-refractivity contribution is 0.437. The van der Waals surface area contributed by atoms with Crippen LogP contribution in [0.15, 0.2) is 30.3 Å². The molecular formula is C19H25NS. The first kappa shape index (κ1) is 14.8. The summed E-state index contributed by atoms with van der Waals surface area (Å²) in [6.07, 6.45) is 5.13. The Bertz CT molecular complexity index is 614. The van der Waals surface area contributed by atoms with Gasteiger partial charge >= 0.3 is 0 Å². The average Bonchev–Trinajstić information content (AvgIpc) is 2.69. The molecule has 0 bridgehead atoms. The molecule has 1 aliphatic rings. The number of rotatable bonds is 3. The van der Waals surface area contributed by atoms with Crippen molar-refractivity contribution >= 4 is 11.3 Å². The molecular weight excluding hydrogens is 274 g/mol. The number of thiophene rings is 1. The summed E-state index contributed by atoms with van der Waals surface area (Å²) in [6.45, 7) is 6.75. The van der Waals surface area contributed by atoms with Crippen LogP contribution >= 0.6 is 11.3 Å². The van der Waals surface area contributed by atoms with Crippen LogP contribution in [0.4, 0.5) is 0 Å². The third-order valence-corrected chi connectivity index (χ3v) is 5.60. The molecule has 1 N–H and O–H groups in total. The van der Waals surface area contributed by atoms with Gasteiger partial charge in [0, 0.05) is 21.8 Å². The van der Waals surface area contributed by atoms with Crippen LogP contribution in [-0.4, -0.2) is 0 Å². The van der Waals surface area contributed by atoms with Gasteiger partial charge in [0.05, 0.1) is 0 Å². The largest absolute Gasteiger partial charge is 0.303 e. The molecule has 0 amide bonds. The van der Waals surface area contributed by atoms with Crippen LogP contribution < -0.4 is 5.32 Å². The summed E-state index contributed by atoms with van der Waals surface area (Å²) in [4.78, 5) is 2.87. The molecule has 0 saturated carbocycles. The topological polar surface area (TPSA) is 12.0 Å². The molecule has 0 spiro atoms. The van der Waals surface area contributed by atoms with E-state index in [0.29, 0.717) is 12.1 Å².